The molecule has 7 nitrogen and oxygen atoms in total. The zero-order chi connectivity index (χ0) is 16.5. The highest BCUT2D eigenvalue weighted by Crippen LogP contribution is 2.27. The summed E-state index contributed by atoms with van der Waals surface area (Å²) in [6.45, 7) is 0. The van der Waals surface area contributed by atoms with E-state index in [1.54, 1.807) is 6.07 Å². The van der Waals surface area contributed by atoms with E-state index in [4.69, 9.17) is 0 Å². The Morgan fingerprint density at radius 3 is 2.75 bits per heavy atom. The second-order valence-electron chi connectivity index (χ2n) is 5.25. The van der Waals surface area contributed by atoms with Crippen LogP contribution in [-0.4, -0.2) is 25.3 Å². The number of aromatic amines is 2. The number of benzene rings is 1. The van der Waals surface area contributed by atoms with E-state index in [1.807, 2.05) is 53.2 Å². The number of nitrogens with zero attached hydrogens (tertiary/aromatic N) is 2. The predicted molar refractivity (Wildman–Crippen MR) is 90.0 cm³/mol. The van der Waals surface area contributed by atoms with Crippen molar-refractivity contribution in [2.75, 3.05) is 5.32 Å². The molecular weight excluding hydrogens is 306 g/mol. The summed E-state index contributed by atoms with van der Waals surface area (Å²) in [6.07, 6.45) is 5.15. The molecule has 0 atom stereocenters. The highest BCUT2D eigenvalue weighted by atomic mass is 16.2. The van der Waals surface area contributed by atoms with Crippen molar-refractivity contribution in [1.82, 2.24) is 19.4 Å². The smallest absolute Gasteiger partial charge is 0.320 e. The molecule has 4 rings (SSSR count). The standard InChI is InChI=1S/C17H13N5O2/c23-16(13-9-18-17(24)21-13)20-12-6-2-1-5-11(12)14-10-22-8-4-3-7-15(22)19-14/h1-10H,(H,20,23)(H2,18,21,24). The molecule has 0 radical (unpaired) electrons. The fourth-order valence-electron chi connectivity index (χ4n) is 2.52. The molecule has 0 aliphatic rings. The van der Waals surface area contributed by atoms with Gasteiger partial charge in [-0.3, -0.25) is 4.79 Å². The van der Waals surface area contributed by atoms with Crippen LogP contribution >= 0.6 is 0 Å². The lowest BCUT2D eigenvalue weighted by molar-refractivity contribution is 0.102. The first-order chi connectivity index (χ1) is 11.7. The number of anilines is 1. The molecule has 24 heavy (non-hydrogen) atoms. The number of para-hydroxylation sites is 1. The minimum absolute atomic E-state index is 0.171. The molecule has 1 amide bonds. The van der Waals surface area contributed by atoms with Gasteiger partial charge < -0.3 is 19.7 Å². The van der Waals surface area contributed by atoms with E-state index in [0.29, 0.717) is 5.69 Å². The fourth-order valence-corrected chi connectivity index (χ4v) is 2.52. The first-order valence-electron chi connectivity index (χ1n) is 7.33. The zero-order valence-corrected chi connectivity index (χ0v) is 12.5. The van der Waals surface area contributed by atoms with Gasteiger partial charge in [0.1, 0.15) is 11.3 Å². The van der Waals surface area contributed by atoms with Gasteiger partial charge in [0.2, 0.25) is 0 Å². The largest absolute Gasteiger partial charge is 0.323 e. The molecule has 4 aromatic rings. The van der Waals surface area contributed by atoms with E-state index in [9.17, 15) is 9.59 Å². The van der Waals surface area contributed by atoms with Crippen molar-refractivity contribution in [3.05, 3.63) is 77.2 Å². The van der Waals surface area contributed by atoms with Crippen molar-refractivity contribution in [2.24, 2.45) is 0 Å². The Hall–Kier alpha value is -3.61. The van der Waals surface area contributed by atoms with Crippen LogP contribution in [0.3, 0.4) is 0 Å². The molecular formula is C17H13N5O2. The van der Waals surface area contributed by atoms with Gasteiger partial charge in [-0.25, -0.2) is 9.78 Å². The summed E-state index contributed by atoms with van der Waals surface area (Å²) in [7, 11) is 0. The molecule has 0 fully saturated rings. The van der Waals surface area contributed by atoms with Gasteiger partial charge in [-0.2, -0.15) is 0 Å². The summed E-state index contributed by atoms with van der Waals surface area (Å²) < 4.78 is 1.91. The molecule has 0 bridgehead atoms. The molecule has 0 aliphatic carbocycles. The van der Waals surface area contributed by atoms with Crippen molar-refractivity contribution >= 4 is 17.2 Å². The monoisotopic (exact) mass is 319 g/mol. The van der Waals surface area contributed by atoms with Gasteiger partial charge in [0.15, 0.2) is 0 Å². The van der Waals surface area contributed by atoms with Gasteiger partial charge in [0.25, 0.3) is 5.91 Å². The number of aromatic nitrogens is 4. The van der Waals surface area contributed by atoms with E-state index in [1.165, 1.54) is 6.20 Å². The average Bonchev–Trinajstić information content (AvgIpc) is 3.21. The third-order valence-corrected chi connectivity index (χ3v) is 3.66. The molecule has 0 unspecified atom stereocenters. The van der Waals surface area contributed by atoms with Crippen molar-refractivity contribution in [3.63, 3.8) is 0 Å². The maximum Gasteiger partial charge on any atom is 0.323 e. The van der Waals surface area contributed by atoms with Gasteiger partial charge in [-0.15, -0.1) is 0 Å². The Morgan fingerprint density at radius 2 is 1.96 bits per heavy atom. The molecule has 3 aromatic heterocycles. The topological polar surface area (TPSA) is 95.1 Å². The van der Waals surface area contributed by atoms with E-state index in [2.05, 4.69) is 20.3 Å². The normalized spacial score (nSPS) is 10.8. The van der Waals surface area contributed by atoms with Gasteiger partial charge in [0, 0.05) is 24.2 Å². The number of hydrogen-bond acceptors (Lipinski definition) is 3. The highest BCUT2D eigenvalue weighted by Gasteiger charge is 2.13. The van der Waals surface area contributed by atoms with E-state index >= 15 is 0 Å². The van der Waals surface area contributed by atoms with E-state index in [-0.39, 0.29) is 5.69 Å². The van der Waals surface area contributed by atoms with Gasteiger partial charge >= 0.3 is 5.69 Å². The van der Waals surface area contributed by atoms with Crippen molar-refractivity contribution in [1.29, 1.82) is 0 Å². The summed E-state index contributed by atoms with van der Waals surface area (Å²) in [4.78, 5) is 32.8. The molecule has 0 saturated heterocycles. The van der Waals surface area contributed by atoms with Crippen LogP contribution in [0.1, 0.15) is 10.5 Å². The van der Waals surface area contributed by atoms with Crippen LogP contribution in [0.15, 0.2) is 65.8 Å². The predicted octanol–water partition coefficient (Wildman–Crippen LogP) is 2.27. The third-order valence-electron chi connectivity index (χ3n) is 3.66. The van der Waals surface area contributed by atoms with Gasteiger partial charge in [-0.05, 0) is 18.2 Å². The minimum Gasteiger partial charge on any atom is -0.320 e. The lowest BCUT2D eigenvalue weighted by atomic mass is 10.1. The Balaban J connectivity index is 1.72. The highest BCUT2D eigenvalue weighted by molar-refractivity contribution is 6.04. The van der Waals surface area contributed by atoms with Crippen molar-refractivity contribution in [3.8, 4) is 11.3 Å². The molecule has 3 N–H and O–H groups in total. The Kier molecular flexibility index (Phi) is 3.24. The number of H-pyrrole nitrogens is 2. The van der Waals surface area contributed by atoms with Crippen LogP contribution in [0.2, 0.25) is 0 Å². The first-order valence-corrected chi connectivity index (χ1v) is 7.33. The number of rotatable bonds is 3. The SMILES string of the molecule is O=C(Nc1ccccc1-c1cn2ccccc2n1)c1c[nH]c(=O)[nH]1. The Bertz CT molecular complexity index is 1060. The molecule has 0 aliphatic heterocycles. The summed E-state index contributed by atoms with van der Waals surface area (Å²) in [5.41, 5.74) is 2.74. The van der Waals surface area contributed by atoms with Crippen LogP contribution in [0.25, 0.3) is 16.9 Å². The molecule has 7 heteroatoms. The molecule has 3 heterocycles. The number of pyridine rings is 1. The third kappa shape index (κ3) is 2.48. The van der Waals surface area contributed by atoms with Gasteiger partial charge in [-0.1, -0.05) is 24.3 Å². The van der Waals surface area contributed by atoms with Crippen LogP contribution in [0.4, 0.5) is 5.69 Å². The number of fused-ring (bicyclic) bond motifs is 1. The second kappa shape index (κ2) is 5.54. The van der Waals surface area contributed by atoms with Crippen LogP contribution < -0.4 is 11.0 Å². The second-order valence-corrected chi connectivity index (χ2v) is 5.25. The van der Waals surface area contributed by atoms with Gasteiger partial charge in [0.05, 0.1) is 11.4 Å². The number of carbonyl (C=O) groups excluding carboxylic acids is 1. The number of amides is 1. The molecule has 118 valence electrons. The maximum absolute atomic E-state index is 12.3. The van der Waals surface area contributed by atoms with Crippen LogP contribution in [0, 0.1) is 0 Å². The minimum atomic E-state index is -0.422. The average molecular weight is 319 g/mol. The summed E-state index contributed by atoms with van der Waals surface area (Å²) >= 11 is 0. The van der Waals surface area contributed by atoms with Crippen molar-refractivity contribution in [2.45, 2.75) is 0 Å². The number of carbonyl (C=O) groups is 1. The number of hydrogen-bond donors (Lipinski definition) is 3. The van der Waals surface area contributed by atoms with Crippen LogP contribution in [0.5, 0.6) is 0 Å². The lowest BCUT2D eigenvalue weighted by Crippen LogP contribution is -2.14. The summed E-state index contributed by atoms with van der Waals surface area (Å²) in [5, 5.41) is 2.80. The molecule has 1 aromatic carbocycles. The van der Waals surface area contributed by atoms with E-state index < -0.39 is 11.6 Å². The van der Waals surface area contributed by atoms with Crippen molar-refractivity contribution < 1.29 is 4.79 Å². The molecule has 0 saturated carbocycles. The fraction of sp³-hybridized carbons (Fsp3) is 0. The van der Waals surface area contributed by atoms with Crippen LogP contribution in [-0.2, 0) is 0 Å². The summed E-state index contributed by atoms with van der Waals surface area (Å²) in [6, 6.07) is 13.1. The maximum atomic E-state index is 12.3. The lowest BCUT2D eigenvalue weighted by Gasteiger charge is -2.08. The molecule has 0 spiro atoms. The number of imidazole rings is 2. The summed E-state index contributed by atoms with van der Waals surface area (Å²) in [5.74, 6) is -0.399. The Labute approximate surface area is 136 Å². The zero-order valence-electron chi connectivity index (χ0n) is 12.5. The first kappa shape index (κ1) is 14.0. The Morgan fingerprint density at radius 1 is 1.12 bits per heavy atom. The quantitative estimate of drug-likeness (QED) is 0.540. The van der Waals surface area contributed by atoms with E-state index in [0.717, 1.165) is 16.9 Å². The number of nitrogens with one attached hydrogen (secondary N) is 3.